The summed E-state index contributed by atoms with van der Waals surface area (Å²) < 4.78 is 0. The van der Waals surface area contributed by atoms with Crippen LogP contribution in [0.1, 0.15) is 41.0 Å². The van der Waals surface area contributed by atoms with Crippen LogP contribution >= 0.6 is 0 Å². The summed E-state index contributed by atoms with van der Waals surface area (Å²) in [6.07, 6.45) is 5.34. The second kappa shape index (κ2) is 6.29. The van der Waals surface area contributed by atoms with E-state index in [4.69, 9.17) is 0 Å². The molecule has 0 saturated carbocycles. The van der Waals surface area contributed by atoms with Gasteiger partial charge in [0.25, 0.3) is 0 Å². The van der Waals surface area contributed by atoms with Gasteiger partial charge in [-0.05, 0) is 70.7 Å². The summed E-state index contributed by atoms with van der Waals surface area (Å²) in [6, 6.07) is 14.4. The van der Waals surface area contributed by atoms with Crippen molar-refractivity contribution in [3.05, 3.63) is 55.1 Å². The number of fused-ring (bicyclic) bond motifs is 1. The van der Waals surface area contributed by atoms with E-state index in [0.717, 1.165) is 34.4 Å². The summed E-state index contributed by atoms with van der Waals surface area (Å²) in [5.74, 6) is 1.42. The molecule has 1 aromatic carbocycles. The number of pyridine rings is 1. The molecule has 4 nitrogen and oxygen atoms in total. The Bertz CT molecular complexity index is 960. The fourth-order valence-corrected chi connectivity index (χ4v) is 4.24. The van der Waals surface area contributed by atoms with Crippen molar-refractivity contribution >= 4 is 16.7 Å². The zero-order valence-electron chi connectivity index (χ0n) is 16.8. The van der Waals surface area contributed by atoms with Gasteiger partial charge in [0.05, 0.1) is 11.2 Å². The molecule has 139 valence electrons. The predicted molar refractivity (Wildman–Crippen MR) is 111 cm³/mol. The highest BCUT2D eigenvalue weighted by Crippen LogP contribution is 2.43. The van der Waals surface area contributed by atoms with Crippen LogP contribution in [0.25, 0.3) is 22.2 Å². The SMILES string of the molecule is CC1[CH]CC(C)(C)N(c2ccc(-c3cnc4ccccc4c3)nn2)C1(C)C. The van der Waals surface area contributed by atoms with Gasteiger partial charge in [-0.15, -0.1) is 10.2 Å². The van der Waals surface area contributed by atoms with Crippen LogP contribution in [0.15, 0.2) is 48.7 Å². The van der Waals surface area contributed by atoms with E-state index in [0.29, 0.717) is 5.92 Å². The van der Waals surface area contributed by atoms with Gasteiger partial charge in [-0.3, -0.25) is 4.98 Å². The minimum Gasteiger partial charge on any atom is -0.345 e. The number of aromatic nitrogens is 3. The molecule has 1 radical (unpaired) electrons. The minimum absolute atomic E-state index is 0.0106. The van der Waals surface area contributed by atoms with Crippen LogP contribution in [0.2, 0.25) is 0 Å². The molecular formula is C23H27N4. The fraction of sp³-hybridized carbons (Fsp3) is 0.391. The van der Waals surface area contributed by atoms with E-state index in [9.17, 15) is 0 Å². The largest absolute Gasteiger partial charge is 0.345 e. The van der Waals surface area contributed by atoms with Gasteiger partial charge >= 0.3 is 0 Å². The molecule has 1 fully saturated rings. The van der Waals surface area contributed by atoms with E-state index in [1.807, 2.05) is 24.4 Å². The Morgan fingerprint density at radius 1 is 1.00 bits per heavy atom. The Hall–Kier alpha value is -2.49. The van der Waals surface area contributed by atoms with Crippen LogP contribution in [0.3, 0.4) is 0 Å². The molecule has 1 aliphatic rings. The third-order valence-corrected chi connectivity index (χ3v) is 6.03. The predicted octanol–water partition coefficient (Wildman–Crippen LogP) is 5.30. The maximum atomic E-state index is 4.62. The number of nitrogens with zero attached hydrogens (tertiary/aromatic N) is 4. The smallest absolute Gasteiger partial charge is 0.152 e. The summed E-state index contributed by atoms with van der Waals surface area (Å²) in [4.78, 5) is 6.97. The molecule has 27 heavy (non-hydrogen) atoms. The number of benzene rings is 1. The van der Waals surface area contributed by atoms with Crippen LogP contribution in [-0.4, -0.2) is 26.3 Å². The maximum absolute atomic E-state index is 4.62. The van der Waals surface area contributed by atoms with Gasteiger partial charge < -0.3 is 4.90 Å². The zero-order valence-corrected chi connectivity index (χ0v) is 16.8. The van der Waals surface area contributed by atoms with Crippen molar-refractivity contribution in [1.82, 2.24) is 15.2 Å². The van der Waals surface area contributed by atoms with Crippen molar-refractivity contribution in [2.45, 2.75) is 52.1 Å². The highest BCUT2D eigenvalue weighted by atomic mass is 15.3. The minimum atomic E-state index is -0.0115. The Balaban J connectivity index is 1.70. The number of hydrogen-bond acceptors (Lipinski definition) is 4. The summed E-state index contributed by atoms with van der Waals surface area (Å²) in [6.45, 7) is 11.4. The quantitative estimate of drug-likeness (QED) is 0.623. The maximum Gasteiger partial charge on any atom is 0.152 e. The van der Waals surface area contributed by atoms with E-state index in [1.54, 1.807) is 0 Å². The lowest BCUT2D eigenvalue weighted by Crippen LogP contribution is -2.62. The van der Waals surface area contributed by atoms with Crippen LogP contribution in [0, 0.1) is 12.3 Å². The molecular weight excluding hydrogens is 332 g/mol. The second-order valence-corrected chi connectivity index (χ2v) is 8.72. The molecule has 1 saturated heterocycles. The summed E-state index contributed by atoms with van der Waals surface area (Å²) >= 11 is 0. The molecule has 1 unspecified atom stereocenters. The van der Waals surface area contributed by atoms with Gasteiger partial charge in [-0.25, -0.2) is 0 Å². The topological polar surface area (TPSA) is 41.9 Å². The lowest BCUT2D eigenvalue weighted by Gasteiger charge is -2.56. The van der Waals surface area contributed by atoms with Gasteiger partial charge in [-0.1, -0.05) is 25.1 Å². The van der Waals surface area contributed by atoms with Crippen LogP contribution in [-0.2, 0) is 0 Å². The molecule has 4 heteroatoms. The molecule has 4 rings (SSSR count). The second-order valence-electron chi connectivity index (χ2n) is 8.72. The number of rotatable bonds is 2. The van der Waals surface area contributed by atoms with Crippen molar-refractivity contribution in [1.29, 1.82) is 0 Å². The normalized spacial score (nSPS) is 21.4. The highest BCUT2D eigenvalue weighted by molar-refractivity contribution is 5.82. The van der Waals surface area contributed by atoms with Crippen LogP contribution in [0.5, 0.6) is 0 Å². The average Bonchev–Trinajstić information content (AvgIpc) is 2.65. The number of anilines is 1. The molecule has 0 N–H and O–H groups in total. The molecule has 0 bridgehead atoms. The van der Waals surface area contributed by atoms with Gasteiger partial charge in [0, 0.05) is 28.2 Å². The first-order valence-electron chi connectivity index (χ1n) is 9.62. The van der Waals surface area contributed by atoms with Crippen LogP contribution < -0.4 is 4.90 Å². The standard InChI is InChI=1S/C23H27N4/c1-16-12-13-22(2,3)27(23(16,4)5)21-11-10-20(25-26-21)18-14-17-8-6-7-9-19(17)24-15-18/h6-12,14-16H,13H2,1-5H3. The summed E-state index contributed by atoms with van der Waals surface area (Å²) in [5.41, 5.74) is 2.84. The van der Waals surface area contributed by atoms with E-state index >= 15 is 0 Å². The molecule has 3 heterocycles. The molecule has 0 aliphatic carbocycles. The first kappa shape index (κ1) is 17.9. The van der Waals surface area contributed by atoms with Crippen molar-refractivity contribution in [3.8, 4) is 11.3 Å². The molecule has 1 atom stereocenters. The summed E-state index contributed by atoms with van der Waals surface area (Å²) in [7, 11) is 0. The fourth-order valence-electron chi connectivity index (χ4n) is 4.24. The molecule has 0 spiro atoms. The van der Waals surface area contributed by atoms with E-state index in [-0.39, 0.29) is 11.1 Å². The van der Waals surface area contributed by atoms with E-state index < -0.39 is 0 Å². The monoisotopic (exact) mass is 359 g/mol. The van der Waals surface area contributed by atoms with E-state index in [1.165, 1.54) is 0 Å². The van der Waals surface area contributed by atoms with E-state index in [2.05, 4.69) is 85.4 Å². The molecule has 1 aliphatic heterocycles. The highest BCUT2D eigenvalue weighted by Gasteiger charge is 2.46. The van der Waals surface area contributed by atoms with Crippen LogP contribution in [0.4, 0.5) is 5.82 Å². The van der Waals surface area contributed by atoms with Crippen molar-refractivity contribution in [2.75, 3.05) is 4.90 Å². The lowest BCUT2D eigenvalue weighted by atomic mass is 9.73. The Morgan fingerprint density at radius 2 is 1.78 bits per heavy atom. The number of hydrogen-bond donors (Lipinski definition) is 0. The van der Waals surface area contributed by atoms with Crippen molar-refractivity contribution in [3.63, 3.8) is 0 Å². The van der Waals surface area contributed by atoms with Gasteiger partial charge in [0.15, 0.2) is 5.82 Å². The molecule has 0 amide bonds. The van der Waals surface area contributed by atoms with Gasteiger partial charge in [0.2, 0.25) is 0 Å². The first-order valence-corrected chi connectivity index (χ1v) is 9.62. The zero-order chi connectivity index (χ0) is 19.2. The van der Waals surface area contributed by atoms with Crippen molar-refractivity contribution in [2.24, 2.45) is 5.92 Å². The number of para-hydroxylation sites is 1. The third kappa shape index (κ3) is 3.07. The third-order valence-electron chi connectivity index (χ3n) is 6.03. The number of piperidine rings is 1. The summed E-state index contributed by atoms with van der Waals surface area (Å²) in [5, 5.41) is 10.3. The average molecular weight is 359 g/mol. The lowest BCUT2D eigenvalue weighted by molar-refractivity contribution is 0.223. The Labute approximate surface area is 161 Å². The molecule has 3 aromatic rings. The molecule has 2 aromatic heterocycles. The van der Waals surface area contributed by atoms with Gasteiger partial charge in [-0.2, -0.15) is 0 Å². The Kier molecular flexibility index (Phi) is 4.17. The first-order chi connectivity index (χ1) is 12.8. The van der Waals surface area contributed by atoms with Gasteiger partial charge in [0.1, 0.15) is 0 Å². The Morgan fingerprint density at radius 3 is 2.52 bits per heavy atom. The van der Waals surface area contributed by atoms with Crippen molar-refractivity contribution < 1.29 is 0 Å².